The summed E-state index contributed by atoms with van der Waals surface area (Å²) in [5.74, 6) is -0.619. The highest BCUT2D eigenvalue weighted by Crippen LogP contribution is 2.37. The van der Waals surface area contributed by atoms with Crippen molar-refractivity contribution < 1.29 is 14.4 Å². The van der Waals surface area contributed by atoms with Gasteiger partial charge in [0.2, 0.25) is 5.91 Å². The van der Waals surface area contributed by atoms with E-state index in [-0.39, 0.29) is 18.5 Å². The molecule has 0 spiro atoms. The number of nitrogens with one attached hydrogen (secondary N) is 1. The fourth-order valence-electron chi connectivity index (χ4n) is 4.86. The van der Waals surface area contributed by atoms with E-state index in [2.05, 4.69) is 5.32 Å². The number of urea groups is 1. The van der Waals surface area contributed by atoms with E-state index in [1.165, 1.54) is 6.42 Å². The van der Waals surface area contributed by atoms with E-state index in [0.717, 1.165) is 41.7 Å². The molecule has 2 aromatic carbocycles. The quantitative estimate of drug-likeness (QED) is 0.728. The van der Waals surface area contributed by atoms with Crippen LogP contribution in [-0.2, 0) is 15.1 Å². The third kappa shape index (κ3) is 3.78. The zero-order valence-electron chi connectivity index (χ0n) is 19.1. The van der Waals surface area contributed by atoms with E-state index in [1.807, 2.05) is 62.4 Å². The van der Waals surface area contributed by atoms with E-state index >= 15 is 0 Å². The molecule has 32 heavy (non-hydrogen) atoms. The Kier molecular flexibility index (Phi) is 6.04. The van der Waals surface area contributed by atoms with Crippen molar-refractivity contribution in [1.29, 1.82) is 0 Å². The molecule has 0 aromatic heterocycles. The highest BCUT2D eigenvalue weighted by Gasteiger charge is 2.54. The number of carbonyl (C=O) groups excluding carboxylic acids is 3. The first-order chi connectivity index (χ1) is 15.3. The van der Waals surface area contributed by atoms with Crippen LogP contribution in [0.3, 0.4) is 0 Å². The summed E-state index contributed by atoms with van der Waals surface area (Å²) < 4.78 is 0. The van der Waals surface area contributed by atoms with Crippen molar-refractivity contribution in [2.24, 2.45) is 0 Å². The molecule has 2 aliphatic rings. The lowest BCUT2D eigenvalue weighted by Gasteiger charge is -2.32. The molecular weight excluding hydrogens is 402 g/mol. The van der Waals surface area contributed by atoms with Gasteiger partial charge < -0.3 is 10.2 Å². The molecule has 1 aliphatic carbocycles. The van der Waals surface area contributed by atoms with Crippen molar-refractivity contribution in [2.75, 3.05) is 13.6 Å². The number of benzene rings is 2. The average molecular weight is 434 g/mol. The van der Waals surface area contributed by atoms with Gasteiger partial charge in [0, 0.05) is 13.1 Å². The van der Waals surface area contributed by atoms with Crippen LogP contribution in [0, 0.1) is 13.8 Å². The molecule has 1 heterocycles. The minimum absolute atomic E-state index is 0.177. The third-order valence-corrected chi connectivity index (χ3v) is 7.06. The largest absolute Gasteiger partial charge is 0.341 e. The molecular formula is C26H31N3O3. The smallest absolute Gasteiger partial charge is 0.326 e. The summed E-state index contributed by atoms with van der Waals surface area (Å²) in [5, 5.41) is 2.94. The molecule has 6 heteroatoms. The van der Waals surface area contributed by atoms with Crippen LogP contribution in [0.5, 0.6) is 0 Å². The molecule has 1 saturated carbocycles. The van der Waals surface area contributed by atoms with Crippen LogP contribution in [0.25, 0.3) is 0 Å². The lowest BCUT2D eigenvalue weighted by molar-refractivity contribution is -0.139. The summed E-state index contributed by atoms with van der Waals surface area (Å²) in [7, 11) is 1.78. The number of imide groups is 1. The Morgan fingerprint density at radius 1 is 1.00 bits per heavy atom. The molecule has 1 aliphatic heterocycles. The van der Waals surface area contributed by atoms with Crippen molar-refractivity contribution in [3.63, 3.8) is 0 Å². The summed E-state index contributed by atoms with van der Waals surface area (Å²) in [4.78, 5) is 42.7. The lowest BCUT2D eigenvalue weighted by atomic mass is 9.81. The van der Waals surface area contributed by atoms with Gasteiger partial charge in [-0.05, 0) is 48.9 Å². The second-order valence-corrected chi connectivity index (χ2v) is 9.03. The number of nitrogens with zero attached hydrogens (tertiary/aromatic N) is 2. The number of hydrogen-bond acceptors (Lipinski definition) is 3. The second-order valence-electron chi connectivity index (χ2n) is 9.03. The molecule has 0 bridgehead atoms. The molecule has 1 saturated heterocycles. The SMILES string of the molecule is Cc1ccc([C@@]2(c3ccccc3)NC(=O)N(CC(=O)N(C)C3CCCCC3)C2=O)cc1C. The maximum Gasteiger partial charge on any atom is 0.326 e. The molecule has 2 aromatic rings. The van der Waals surface area contributed by atoms with Crippen molar-refractivity contribution in [2.45, 2.75) is 57.5 Å². The molecule has 168 valence electrons. The van der Waals surface area contributed by atoms with Gasteiger partial charge in [-0.25, -0.2) is 4.79 Å². The number of amides is 4. The Morgan fingerprint density at radius 2 is 1.69 bits per heavy atom. The predicted octanol–water partition coefficient (Wildman–Crippen LogP) is 3.89. The van der Waals surface area contributed by atoms with Crippen LogP contribution in [0.15, 0.2) is 48.5 Å². The lowest BCUT2D eigenvalue weighted by Crippen LogP contribution is -2.47. The van der Waals surface area contributed by atoms with Gasteiger partial charge in [0.1, 0.15) is 6.54 Å². The molecule has 1 N–H and O–H groups in total. The summed E-state index contributed by atoms with van der Waals surface area (Å²) in [6.45, 7) is 3.74. The maximum absolute atomic E-state index is 13.8. The summed E-state index contributed by atoms with van der Waals surface area (Å²) in [5.41, 5.74) is 2.17. The van der Waals surface area contributed by atoms with Crippen LogP contribution >= 0.6 is 0 Å². The van der Waals surface area contributed by atoms with Gasteiger partial charge in [0.25, 0.3) is 5.91 Å². The maximum atomic E-state index is 13.8. The van der Waals surface area contributed by atoms with E-state index in [0.29, 0.717) is 11.1 Å². The average Bonchev–Trinajstić information content (AvgIpc) is 3.07. The number of carbonyl (C=O) groups is 3. The fraction of sp³-hybridized carbons (Fsp3) is 0.423. The third-order valence-electron chi connectivity index (χ3n) is 7.06. The molecule has 2 fully saturated rings. The van der Waals surface area contributed by atoms with Crippen molar-refractivity contribution in [1.82, 2.24) is 15.1 Å². The van der Waals surface area contributed by atoms with Gasteiger partial charge in [-0.15, -0.1) is 0 Å². The first-order valence-corrected chi connectivity index (χ1v) is 11.4. The Labute approximate surface area is 189 Å². The summed E-state index contributed by atoms with van der Waals surface area (Å²) >= 11 is 0. The van der Waals surface area contributed by atoms with Gasteiger partial charge in [-0.2, -0.15) is 0 Å². The standard InChI is InChI=1S/C26H31N3O3/c1-18-14-15-21(16-19(18)2)26(20-10-6-4-7-11-20)24(31)29(25(32)27-26)17-23(30)28(3)22-12-8-5-9-13-22/h4,6-7,10-11,14-16,22H,5,8-9,12-13,17H2,1-3H3,(H,27,32)/t26-/m1/s1. The Morgan fingerprint density at radius 3 is 2.34 bits per heavy atom. The van der Waals surface area contributed by atoms with Gasteiger partial charge in [-0.3, -0.25) is 14.5 Å². The molecule has 0 unspecified atom stereocenters. The van der Waals surface area contributed by atoms with Gasteiger partial charge in [-0.1, -0.05) is 67.8 Å². The topological polar surface area (TPSA) is 69.7 Å². The molecule has 1 atom stereocenters. The van der Waals surface area contributed by atoms with E-state index in [9.17, 15) is 14.4 Å². The first-order valence-electron chi connectivity index (χ1n) is 11.4. The Balaban J connectivity index is 1.67. The summed E-state index contributed by atoms with van der Waals surface area (Å²) in [6, 6.07) is 14.7. The highest BCUT2D eigenvalue weighted by molar-refractivity contribution is 6.11. The number of likely N-dealkylation sites (N-methyl/N-ethyl adjacent to an activating group) is 1. The molecule has 4 rings (SSSR count). The van der Waals surface area contributed by atoms with Gasteiger partial charge >= 0.3 is 6.03 Å². The number of hydrogen-bond donors (Lipinski definition) is 1. The number of rotatable bonds is 5. The normalized spacial score (nSPS) is 21.5. The van der Waals surface area contributed by atoms with Crippen LogP contribution in [0.1, 0.15) is 54.4 Å². The minimum atomic E-state index is -1.35. The van der Waals surface area contributed by atoms with Crippen LogP contribution < -0.4 is 5.32 Å². The van der Waals surface area contributed by atoms with Crippen LogP contribution in [0.2, 0.25) is 0 Å². The summed E-state index contributed by atoms with van der Waals surface area (Å²) in [6.07, 6.45) is 5.35. The fourth-order valence-corrected chi connectivity index (χ4v) is 4.86. The minimum Gasteiger partial charge on any atom is -0.341 e. The zero-order chi connectivity index (χ0) is 22.9. The highest BCUT2D eigenvalue weighted by atomic mass is 16.2. The van der Waals surface area contributed by atoms with Crippen molar-refractivity contribution >= 4 is 17.8 Å². The molecule has 0 radical (unpaired) electrons. The van der Waals surface area contributed by atoms with Crippen molar-refractivity contribution in [3.05, 3.63) is 70.8 Å². The number of aryl methyl sites for hydroxylation is 2. The van der Waals surface area contributed by atoms with Gasteiger partial charge in [0.15, 0.2) is 5.54 Å². The van der Waals surface area contributed by atoms with E-state index in [1.54, 1.807) is 11.9 Å². The van der Waals surface area contributed by atoms with Crippen LogP contribution in [-0.4, -0.2) is 47.3 Å². The van der Waals surface area contributed by atoms with Crippen molar-refractivity contribution in [3.8, 4) is 0 Å². The first kappa shape index (κ1) is 22.1. The van der Waals surface area contributed by atoms with E-state index in [4.69, 9.17) is 0 Å². The van der Waals surface area contributed by atoms with Crippen LogP contribution in [0.4, 0.5) is 4.79 Å². The van der Waals surface area contributed by atoms with E-state index < -0.39 is 17.5 Å². The predicted molar refractivity (Wildman–Crippen MR) is 123 cm³/mol. The molecule has 6 nitrogen and oxygen atoms in total. The zero-order valence-corrected chi connectivity index (χ0v) is 19.1. The Bertz CT molecular complexity index is 1030. The van der Waals surface area contributed by atoms with Gasteiger partial charge in [0.05, 0.1) is 0 Å². The monoisotopic (exact) mass is 433 g/mol. The second kappa shape index (κ2) is 8.77. The molecule has 4 amide bonds. The Hall–Kier alpha value is -3.15.